The first-order valence-corrected chi connectivity index (χ1v) is 6.43. The molecule has 1 aromatic rings. The molecule has 0 radical (unpaired) electrons. The fourth-order valence-electron chi connectivity index (χ4n) is 1.82. The molecule has 1 fully saturated rings. The number of amides is 1. The van der Waals surface area contributed by atoms with Gasteiger partial charge < -0.3 is 20.5 Å². The van der Waals surface area contributed by atoms with Gasteiger partial charge in [0.05, 0.1) is 12.0 Å². The number of benzene rings is 1. The normalized spacial score (nSPS) is 15.9. The average molecular weight is 264 g/mol. The Morgan fingerprint density at radius 1 is 1.32 bits per heavy atom. The van der Waals surface area contributed by atoms with Crippen LogP contribution in [-0.4, -0.2) is 32.8 Å². The number of ether oxygens (including phenoxy) is 2. The van der Waals surface area contributed by atoms with Crippen molar-refractivity contribution in [2.45, 2.75) is 12.8 Å². The summed E-state index contributed by atoms with van der Waals surface area (Å²) in [6.45, 7) is 1.48. The fraction of sp³-hybridized carbons (Fsp3) is 0.500. The number of rotatable bonds is 7. The number of hydrogen-bond acceptors (Lipinski definition) is 4. The molecule has 5 nitrogen and oxygen atoms in total. The van der Waals surface area contributed by atoms with E-state index in [9.17, 15) is 4.79 Å². The van der Waals surface area contributed by atoms with Crippen LogP contribution in [-0.2, 0) is 9.53 Å². The SMILES string of the molecule is COCCOc1ccc(NC(=O)C2(CN)CC2)cc1. The number of carbonyl (C=O) groups is 1. The molecule has 0 aliphatic heterocycles. The van der Waals surface area contributed by atoms with Gasteiger partial charge in [0.25, 0.3) is 0 Å². The Morgan fingerprint density at radius 3 is 2.53 bits per heavy atom. The molecule has 1 aromatic carbocycles. The van der Waals surface area contributed by atoms with E-state index in [4.69, 9.17) is 15.2 Å². The van der Waals surface area contributed by atoms with E-state index in [0.717, 1.165) is 24.3 Å². The molecule has 0 unspecified atom stereocenters. The Hall–Kier alpha value is -1.59. The molecule has 1 saturated carbocycles. The second-order valence-corrected chi connectivity index (χ2v) is 4.80. The number of hydrogen-bond donors (Lipinski definition) is 2. The van der Waals surface area contributed by atoms with Gasteiger partial charge in [0.15, 0.2) is 0 Å². The number of methoxy groups -OCH3 is 1. The molecule has 0 saturated heterocycles. The van der Waals surface area contributed by atoms with Crippen LogP contribution in [0.1, 0.15) is 12.8 Å². The Labute approximate surface area is 113 Å². The van der Waals surface area contributed by atoms with Gasteiger partial charge in [0, 0.05) is 19.3 Å². The van der Waals surface area contributed by atoms with E-state index in [1.807, 2.05) is 24.3 Å². The fourth-order valence-corrected chi connectivity index (χ4v) is 1.82. The quantitative estimate of drug-likeness (QED) is 0.730. The molecule has 3 N–H and O–H groups in total. The highest BCUT2D eigenvalue weighted by molar-refractivity contribution is 5.97. The van der Waals surface area contributed by atoms with E-state index in [2.05, 4.69) is 5.32 Å². The lowest BCUT2D eigenvalue weighted by molar-refractivity contribution is -0.120. The smallest absolute Gasteiger partial charge is 0.231 e. The first kappa shape index (κ1) is 13.8. The van der Waals surface area contributed by atoms with Crippen LogP contribution in [0.2, 0.25) is 0 Å². The number of carbonyl (C=O) groups excluding carboxylic acids is 1. The summed E-state index contributed by atoms with van der Waals surface area (Å²) in [5, 5.41) is 2.89. The molecule has 1 amide bonds. The monoisotopic (exact) mass is 264 g/mol. The second kappa shape index (κ2) is 6.04. The highest BCUT2D eigenvalue weighted by Gasteiger charge is 2.48. The Morgan fingerprint density at radius 2 is 2.00 bits per heavy atom. The van der Waals surface area contributed by atoms with E-state index < -0.39 is 0 Å². The molecule has 0 aromatic heterocycles. The Balaban J connectivity index is 1.86. The summed E-state index contributed by atoms with van der Waals surface area (Å²) in [5.74, 6) is 0.776. The lowest BCUT2D eigenvalue weighted by atomic mass is 10.1. The summed E-state index contributed by atoms with van der Waals surface area (Å²) in [4.78, 5) is 12.0. The summed E-state index contributed by atoms with van der Waals surface area (Å²) in [7, 11) is 1.63. The van der Waals surface area contributed by atoms with Gasteiger partial charge in [-0.2, -0.15) is 0 Å². The number of nitrogens with one attached hydrogen (secondary N) is 1. The van der Waals surface area contributed by atoms with Crippen LogP contribution in [0.5, 0.6) is 5.75 Å². The van der Waals surface area contributed by atoms with Crippen LogP contribution in [0, 0.1) is 5.41 Å². The zero-order chi connectivity index (χ0) is 13.7. The molecular weight excluding hydrogens is 244 g/mol. The van der Waals surface area contributed by atoms with Crippen molar-refractivity contribution >= 4 is 11.6 Å². The molecule has 0 bridgehead atoms. The van der Waals surface area contributed by atoms with Gasteiger partial charge in [-0.1, -0.05) is 0 Å². The maximum absolute atomic E-state index is 12.0. The van der Waals surface area contributed by atoms with E-state index in [1.165, 1.54) is 0 Å². The minimum atomic E-state index is -0.326. The minimum Gasteiger partial charge on any atom is -0.491 e. The van der Waals surface area contributed by atoms with Crippen molar-refractivity contribution in [3.8, 4) is 5.75 Å². The number of nitrogens with two attached hydrogens (primary N) is 1. The summed E-state index contributed by atoms with van der Waals surface area (Å²) >= 11 is 0. The molecule has 0 atom stereocenters. The van der Waals surface area contributed by atoms with Crippen molar-refractivity contribution in [3.63, 3.8) is 0 Å². The molecule has 0 spiro atoms. The third-order valence-corrected chi connectivity index (χ3v) is 3.39. The van der Waals surface area contributed by atoms with Crippen molar-refractivity contribution in [2.75, 3.05) is 32.2 Å². The molecule has 19 heavy (non-hydrogen) atoms. The maximum Gasteiger partial charge on any atom is 0.231 e. The minimum absolute atomic E-state index is 0.0167. The lowest BCUT2D eigenvalue weighted by Gasteiger charge is -2.13. The van der Waals surface area contributed by atoms with Gasteiger partial charge in [0.1, 0.15) is 12.4 Å². The zero-order valence-corrected chi connectivity index (χ0v) is 11.1. The molecule has 5 heteroatoms. The molecule has 104 valence electrons. The predicted molar refractivity (Wildman–Crippen MR) is 73.2 cm³/mol. The summed E-state index contributed by atoms with van der Waals surface area (Å²) in [6.07, 6.45) is 1.76. The van der Waals surface area contributed by atoms with Crippen LogP contribution in [0.25, 0.3) is 0 Å². The van der Waals surface area contributed by atoms with Crippen molar-refractivity contribution in [3.05, 3.63) is 24.3 Å². The predicted octanol–water partition coefficient (Wildman–Crippen LogP) is 1.39. The van der Waals surface area contributed by atoms with Gasteiger partial charge in [-0.05, 0) is 37.1 Å². The van der Waals surface area contributed by atoms with Gasteiger partial charge in [0.2, 0.25) is 5.91 Å². The van der Waals surface area contributed by atoms with Crippen molar-refractivity contribution in [2.24, 2.45) is 11.1 Å². The van der Waals surface area contributed by atoms with Crippen molar-refractivity contribution in [1.82, 2.24) is 0 Å². The highest BCUT2D eigenvalue weighted by atomic mass is 16.5. The molecule has 1 aliphatic carbocycles. The van der Waals surface area contributed by atoms with E-state index in [-0.39, 0.29) is 11.3 Å². The van der Waals surface area contributed by atoms with Crippen LogP contribution in [0.15, 0.2) is 24.3 Å². The van der Waals surface area contributed by atoms with E-state index in [0.29, 0.717) is 19.8 Å². The summed E-state index contributed by atoms with van der Waals surface area (Å²) in [6, 6.07) is 7.31. The largest absolute Gasteiger partial charge is 0.491 e. The first-order valence-electron chi connectivity index (χ1n) is 6.43. The Bertz CT molecular complexity index is 427. The standard InChI is InChI=1S/C14H20N2O3/c1-18-8-9-19-12-4-2-11(3-5-12)16-13(17)14(10-15)6-7-14/h2-5H,6-10,15H2,1H3,(H,16,17). The van der Waals surface area contributed by atoms with Crippen LogP contribution < -0.4 is 15.8 Å². The van der Waals surface area contributed by atoms with Crippen molar-refractivity contribution in [1.29, 1.82) is 0 Å². The molecule has 0 heterocycles. The third kappa shape index (κ3) is 3.45. The van der Waals surface area contributed by atoms with E-state index >= 15 is 0 Å². The highest BCUT2D eigenvalue weighted by Crippen LogP contribution is 2.45. The molecule has 2 rings (SSSR count). The van der Waals surface area contributed by atoms with Gasteiger partial charge >= 0.3 is 0 Å². The van der Waals surface area contributed by atoms with Crippen LogP contribution in [0.3, 0.4) is 0 Å². The maximum atomic E-state index is 12.0. The summed E-state index contributed by atoms with van der Waals surface area (Å²) in [5.41, 5.74) is 6.06. The van der Waals surface area contributed by atoms with E-state index in [1.54, 1.807) is 7.11 Å². The summed E-state index contributed by atoms with van der Waals surface area (Å²) < 4.78 is 10.4. The van der Waals surface area contributed by atoms with Crippen LogP contribution in [0.4, 0.5) is 5.69 Å². The topological polar surface area (TPSA) is 73.6 Å². The van der Waals surface area contributed by atoms with Gasteiger partial charge in [-0.25, -0.2) is 0 Å². The van der Waals surface area contributed by atoms with Crippen LogP contribution >= 0.6 is 0 Å². The number of anilines is 1. The van der Waals surface area contributed by atoms with Crippen molar-refractivity contribution < 1.29 is 14.3 Å². The molecular formula is C14H20N2O3. The first-order chi connectivity index (χ1) is 9.20. The average Bonchev–Trinajstić information content (AvgIpc) is 3.22. The van der Waals surface area contributed by atoms with Gasteiger partial charge in [-0.15, -0.1) is 0 Å². The zero-order valence-electron chi connectivity index (χ0n) is 11.1. The molecule has 1 aliphatic rings. The second-order valence-electron chi connectivity index (χ2n) is 4.80. The van der Waals surface area contributed by atoms with Gasteiger partial charge in [-0.3, -0.25) is 4.79 Å². The third-order valence-electron chi connectivity index (χ3n) is 3.39. The lowest BCUT2D eigenvalue weighted by Crippen LogP contribution is -2.30. The Kier molecular flexibility index (Phi) is 4.39.